The molecule has 1 aromatic heterocycles. The second-order valence-corrected chi connectivity index (χ2v) is 5.67. The van der Waals surface area contributed by atoms with Gasteiger partial charge in [-0.15, -0.1) is 0 Å². The minimum absolute atomic E-state index is 0.225. The first-order chi connectivity index (χ1) is 8.58. The van der Waals surface area contributed by atoms with E-state index in [2.05, 4.69) is 42.2 Å². The lowest BCUT2D eigenvalue weighted by molar-refractivity contribution is 0.468. The summed E-state index contributed by atoms with van der Waals surface area (Å²) in [5.74, 6) is 1.22. The van der Waals surface area contributed by atoms with Gasteiger partial charge in [0.05, 0.1) is 15.5 Å². The summed E-state index contributed by atoms with van der Waals surface area (Å²) >= 11 is 6.63. The number of nitrogens with one attached hydrogen (secondary N) is 1. The van der Waals surface area contributed by atoms with E-state index < -0.39 is 0 Å². The van der Waals surface area contributed by atoms with Crippen LogP contribution < -0.4 is 5.32 Å². The minimum Gasteiger partial charge on any atom is -0.506 e. The monoisotopic (exact) mass is 373 g/mol. The summed E-state index contributed by atoms with van der Waals surface area (Å²) in [4.78, 5) is 4.24. The molecule has 0 unspecified atom stereocenters. The predicted molar refractivity (Wildman–Crippen MR) is 77.3 cm³/mol. The number of aromatic hydroxyl groups is 1. The third-order valence-corrected chi connectivity index (χ3v) is 3.82. The van der Waals surface area contributed by atoms with Crippen molar-refractivity contribution >= 4 is 31.9 Å². The third-order valence-electron chi connectivity index (χ3n) is 2.61. The van der Waals surface area contributed by atoms with E-state index in [1.54, 1.807) is 6.20 Å². The van der Waals surface area contributed by atoms with E-state index in [0.717, 1.165) is 11.4 Å². The Hall–Kier alpha value is -0.850. The van der Waals surface area contributed by atoms with Crippen LogP contribution in [0.1, 0.15) is 11.4 Å². The molecule has 0 saturated heterocycles. The van der Waals surface area contributed by atoms with Crippen LogP contribution in [0.4, 0.5) is 0 Å². The molecule has 0 aliphatic heterocycles. The van der Waals surface area contributed by atoms with Gasteiger partial charge in [-0.25, -0.2) is 4.98 Å². The second kappa shape index (κ2) is 5.86. The highest BCUT2D eigenvalue weighted by atomic mass is 79.9. The van der Waals surface area contributed by atoms with Gasteiger partial charge in [0.2, 0.25) is 0 Å². The van der Waals surface area contributed by atoms with Crippen molar-refractivity contribution in [2.75, 3.05) is 0 Å². The van der Waals surface area contributed by atoms with E-state index in [1.165, 1.54) is 0 Å². The molecule has 4 nitrogen and oxygen atoms in total. The molecule has 2 rings (SSSR count). The van der Waals surface area contributed by atoms with Gasteiger partial charge < -0.3 is 15.0 Å². The Kier molecular flexibility index (Phi) is 4.42. The van der Waals surface area contributed by atoms with Crippen LogP contribution in [0, 0.1) is 0 Å². The Morgan fingerprint density at radius 1 is 1.28 bits per heavy atom. The number of halogens is 2. The third kappa shape index (κ3) is 3.13. The zero-order chi connectivity index (χ0) is 13.1. The molecule has 2 aromatic rings. The summed E-state index contributed by atoms with van der Waals surface area (Å²) in [6, 6.07) is 3.79. The van der Waals surface area contributed by atoms with Gasteiger partial charge in [0.1, 0.15) is 11.6 Å². The molecule has 6 heteroatoms. The smallest absolute Gasteiger partial charge is 0.143 e. The van der Waals surface area contributed by atoms with Crippen LogP contribution in [0.25, 0.3) is 0 Å². The molecule has 0 spiro atoms. The summed E-state index contributed by atoms with van der Waals surface area (Å²) in [6.07, 6.45) is 3.70. The molecule has 18 heavy (non-hydrogen) atoms. The van der Waals surface area contributed by atoms with Gasteiger partial charge in [0.25, 0.3) is 0 Å². The lowest BCUT2D eigenvalue weighted by Crippen LogP contribution is -2.15. The minimum atomic E-state index is 0.225. The maximum Gasteiger partial charge on any atom is 0.143 e. The largest absolute Gasteiger partial charge is 0.506 e. The zero-order valence-electron chi connectivity index (χ0n) is 9.82. The maximum atomic E-state index is 9.62. The van der Waals surface area contributed by atoms with Crippen molar-refractivity contribution in [2.45, 2.75) is 13.1 Å². The first-order valence-corrected chi connectivity index (χ1v) is 7.00. The summed E-state index contributed by atoms with van der Waals surface area (Å²) in [5.41, 5.74) is 1.08. The fourth-order valence-corrected chi connectivity index (χ4v) is 2.89. The standard InChI is InChI=1S/C12H13Br2N3O/c1-17-3-2-16-11(17)7-15-6-8-4-9(13)12(18)10(14)5-8/h2-5,15,18H,6-7H2,1H3. The number of nitrogens with zero attached hydrogens (tertiary/aromatic N) is 2. The summed E-state index contributed by atoms with van der Waals surface area (Å²) in [7, 11) is 1.97. The average Bonchev–Trinajstić information content (AvgIpc) is 2.72. The molecule has 0 fully saturated rings. The molecular formula is C12H13Br2N3O. The van der Waals surface area contributed by atoms with Gasteiger partial charge in [-0.3, -0.25) is 0 Å². The van der Waals surface area contributed by atoms with Crippen molar-refractivity contribution in [3.8, 4) is 5.75 Å². The Morgan fingerprint density at radius 3 is 2.50 bits per heavy atom. The van der Waals surface area contributed by atoms with Gasteiger partial charge in [-0.05, 0) is 49.6 Å². The van der Waals surface area contributed by atoms with Gasteiger partial charge in [0.15, 0.2) is 0 Å². The number of imidazole rings is 1. The molecule has 0 saturated carbocycles. The van der Waals surface area contributed by atoms with E-state index in [-0.39, 0.29) is 5.75 Å². The highest BCUT2D eigenvalue weighted by Gasteiger charge is 2.06. The molecule has 2 N–H and O–H groups in total. The number of benzene rings is 1. The molecule has 0 radical (unpaired) electrons. The SMILES string of the molecule is Cn1ccnc1CNCc1cc(Br)c(O)c(Br)c1. The van der Waals surface area contributed by atoms with Crippen molar-refractivity contribution in [3.05, 3.63) is 44.9 Å². The van der Waals surface area contributed by atoms with Crippen LogP contribution in [0.5, 0.6) is 5.75 Å². The maximum absolute atomic E-state index is 9.62. The molecule has 1 heterocycles. The van der Waals surface area contributed by atoms with Crippen LogP contribution >= 0.6 is 31.9 Å². The van der Waals surface area contributed by atoms with Crippen molar-refractivity contribution in [1.82, 2.24) is 14.9 Å². The fourth-order valence-electron chi connectivity index (χ4n) is 1.61. The first-order valence-electron chi connectivity index (χ1n) is 5.41. The van der Waals surface area contributed by atoms with Crippen molar-refractivity contribution in [2.24, 2.45) is 7.05 Å². The summed E-state index contributed by atoms with van der Waals surface area (Å²) in [6.45, 7) is 1.42. The number of rotatable bonds is 4. The average molecular weight is 375 g/mol. The van der Waals surface area contributed by atoms with Crippen LogP contribution in [0.15, 0.2) is 33.5 Å². The van der Waals surface area contributed by atoms with E-state index >= 15 is 0 Å². The van der Waals surface area contributed by atoms with Crippen LogP contribution in [0.2, 0.25) is 0 Å². The van der Waals surface area contributed by atoms with Crippen molar-refractivity contribution < 1.29 is 5.11 Å². The van der Waals surface area contributed by atoms with E-state index in [0.29, 0.717) is 22.0 Å². The highest BCUT2D eigenvalue weighted by molar-refractivity contribution is 9.11. The zero-order valence-corrected chi connectivity index (χ0v) is 13.0. The Morgan fingerprint density at radius 2 is 1.94 bits per heavy atom. The molecule has 0 bridgehead atoms. The highest BCUT2D eigenvalue weighted by Crippen LogP contribution is 2.33. The number of hydrogen-bond donors (Lipinski definition) is 2. The summed E-state index contributed by atoms with van der Waals surface area (Å²) in [5, 5.41) is 12.9. The quantitative estimate of drug-likeness (QED) is 0.864. The van der Waals surface area contributed by atoms with E-state index in [1.807, 2.05) is 29.9 Å². The Bertz CT molecular complexity index is 531. The van der Waals surface area contributed by atoms with Gasteiger partial charge in [0, 0.05) is 26.0 Å². The lowest BCUT2D eigenvalue weighted by atomic mass is 10.2. The molecule has 0 aliphatic rings. The Labute approximate surface area is 122 Å². The number of aryl methyl sites for hydroxylation is 1. The van der Waals surface area contributed by atoms with Crippen LogP contribution in [0.3, 0.4) is 0 Å². The topological polar surface area (TPSA) is 50.1 Å². The molecule has 0 aliphatic carbocycles. The molecule has 96 valence electrons. The summed E-state index contributed by atoms with van der Waals surface area (Å²) < 4.78 is 3.35. The van der Waals surface area contributed by atoms with E-state index in [4.69, 9.17) is 0 Å². The normalized spacial score (nSPS) is 10.8. The van der Waals surface area contributed by atoms with Crippen LogP contribution in [-0.2, 0) is 20.1 Å². The van der Waals surface area contributed by atoms with E-state index in [9.17, 15) is 5.11 Å². The molecular weight excluding hydrogens is 362 g/mol. The predicted octanol–water partition coefficient (Wildman–Crippen LogP) is 2.94. The fraction of sp³-hybridized carbons (Fsp3) is 0.250. The number of phenols is 1. The lowest BCUT2D eigenvalue weighted by Gasteiger charge is -2.08. The van der Waals surface area contributed by atoms with Gasteiger partial charge in [-0.1, -0.05) is 0 Å². The van der Waals surface area contributed by atoms with Crippen molar-refractivity contribution in [1.29, 1.82) is 0 Å². The molecule has 0 amide bonds. The number of hydrogen-bond acceptors (Lipinski definition) is 3. The molecule has 0 atom stereocenters. The Balaban J connectivity index is 1.97. The van der Waals surface area contributed by atoms with Crippen LogP contribution in [-0.4, -0.2) is 14.7 Å². The van der Waals surface area contributed by atoms with Gasteiger partial charge >= 0.3 is 0 Å². The number of phenolic OH excluding ortho intramolecular Hbond substituents is 1. The molecule has 1 aromatic carbocycles. The number of aromatic nitrogens is 2. The van der Waals surface area contributed by atoms with Gasteiger partial charge in [-0.2, -0.15) is 0 Å². The first kappa shape index (κ1) is 13.6. The van der Waals surface area contributed by atoms with Crippen molar-refractivity contribution in [3.63, 3.8) is 0 Å². The second-order valence-electron chi connectivity index (χ2n) is 3.97.